The van der Waals surface area contributed by atoms with E-state index in [1.807, 2.05) is 6.07 Å². The Hall–Kier alpha value is -1.33. The molecule has 1 aromatic heterocycles. The van der Waals surface area contributed by atoms with E-state index >= 15 is 0 Å². The summed E-state index contributed by atoms with van der Waals surface area (Å²) in [6.07, 6.45) is 2.53. The zero-order valence-electron chi connectivity index (χ0n) is 10.1. The van der Waals surface area contributed by atoms with Crippen LogP contribution in [-0.2, 0) is 6.54 Å². The average molecular weight is 263 g/mol. The van der Waals surface area contributed by atoms with Gasteiger partial charge in [-0.05, 0) is 43.5 Å². The quantitative estimate of drug-likeness (QED) is 0.921. The molecule has 1 saturated carbocycles. The van der Waals surface area contributed by atoms with E-state index in [1.54, 1.807) is 24.3 Å². The van der Waals surface area contributed by atoms with Crippen LogP contribution in [0.25, 0.3) is 10.6 Å². The van der Waals surface area contributed by atoms with Gasteiger partial charge in [0.25, 0.3) is 0 Å². The Bertz CT molecular complexity index is 563. The van der Waals surface area contributed by atoms with E-state index < -0.39 is 0 Å². The molecule has 3 nitrogen and oxygen atoms in total. The number of rotatable bonds is 4. The van der Waals surface area contributed by atoms with Crippen molar-refractivity contribution in [2.75, 3.05) is 0 Å². The fourth-order valence-corrected chi connectivity index (χ4v) is 2.53. The highest BCUT2D eigenvalue weighted by Gasteiger charge is 2.20. The molecule has 0 amide bonds. The molecule has 2 aromatic rings. The number of aryl methyl sites for hydroxylation is 1. The van der Waals surface area contributed by atoms with E-state index in [1.165, 1.54) is 18.9 Å². The van der Waals surface area contributed by atoms with Gasteiger partial charge in [-0.25, -0.2) is 4.39 Å². The summed E-state index contributed by atoms with van der Waals surface area (Å²) in [5, 5.41) is 13.6. The van der Waals surface area contributed by atoms with Crippen LogP contribution in [0, 0.1) is 12.7 Å². The molecule has 1 aliphatic carbocycles. The van der Waals surface area contributed by atoms with Crippen molar-refractivity contribution in [3.05, 3.63) is 34.6 Å². The van der Waals surface area contributed by atoms with Gasteiger partial charge in [-0.15, -0.1) is 10.2 Å². The molecule has 0 radical (unpaired) electrons. The smallest absolute Gasteiger partial charge is 0.147 e. The molecule has 18 heavy (non-hydrogen) atoms. The molecular formula is C13H14FN3S. The summed E-state index contributed by atoms with van der Waals surface area (Å²) >= 11 is 1.56. The van der Waals surface area contributed by atoms with Gasteiger partial charge in [-0.3, -0.25) is 0 Å². The van der Waals surface area contributed by atoms with Gasteiger partial charge in [0.1, 0.15) is 15.8 Å². The molecule has 3 rings (SSSR count). The highest BCUT2D eigenvalue weighted by molar-refractivity contribution is 7.14. The summed E-state index contributed by atoms with van der Waals surface area (Å²) in [7, 11) is 0. The number of hydrogen-bond donors (Lipinski definition) is 1. The summed E-state index contributed by atoms with van der Waals surface area (Å²) in [5.41, 5.74) is 1.57. The summed E-state index contributed by atoms with van der Waals surface area (Å²) in [6, 6.07) is 5.72. The molecular weight excluding hydrogens is 249 g/mol. The molecule has 1 heterocycles. The van der Waals surface area contributed by atoms with Crippen molar-refractivity contribution in [1.82, 2.24) is 15.5 Å². The molecule has 1 fully saturated rings. The lowest BCUT2D eigenvalue weighted by Gasteiger charge is -1.99. The van der Waals surface area contributed by atoms with Crippen LogP contribution in [0.4, 0.5) is 4.39 Å². The van der Waals surface area contributed by atoms with Crippen LogP contribution in [-0.4, -0.2) is 16.2 Å². The first-order valence-electron chi connectivity index (χ1n) is 6.04. The van der Waals surface area contributed by atoms with E-state index in [2.05, 4.69) is 15.5 Å². The Morgan fingerprint density at radius 1 is 1.39 bits per heavy atom. The molecule has 94 valence electrons. The predicted octanol–water partition coefficient (Wildman–Crippen LogP) is 2.90. The molecule has 1 N–H and O–H groups in total. The van der Waals surface area contributed by atoms with Gasteiger partial charge in [0.15, 0.2) is 0 Å². The number of aromatic nitrogens is 2. The fraction of sp³-hybridized carbons (Fsp3) is 0.385. The van der Waals surface area contributed by atoms with E-state index in [4.69, 9.17) is 0 Å². The lowest BCUT2D eigenvalue weighted by atomic mass is 10.1. The predicted molar refractivity (Wildman–Crippen MR) is 69.9 cm³/mol. The summed E-state index contributed by atoms with van der Waals surface area (Å²) < 4.78 is 13.2. The molecule has 5 heteroatoms. The Morgan fingerprint density at radius 2 is 2.22 bits per heavy atom. The van der Waals surface area contributed by atoms with Crippen LogP contribution in [0.1, 0.15) is 23.4 Å². The molecule has 0 bridgehead atoms. The first-order valence-corrected chi connectivity index (χ1v) is 6.86. The second-order valence-corrected chi connectivity index (χ2v) is 5.68. The average Bonchev–Trinajstić information content (AvgIpc) is 3.08. The van der Waals surface area contributed by atoms with Crippen LogP contribution in [0.15, 0.2) is 18.2 Å². The minimum atomic E-state index is -0.182. The van der Waals surface area contributed by atoms with Crippen molar-refractivity contribution < 1.29 is 4.39 Å². The van der Waals surface area contributed by atoms with Crippen molar-refractivity contribution in [3.63, 3.8) is 0 Å². The third-order valence-corrected chi connectivity index (χ3v) is 3.96. The first kappa shape index (κ1) is 11.7. The lowest BCUT2D eigenvalue weighted by Crippen LogP contribution is -2.14. The SMILES string of the molecule is Cc1cc(-c2nnc(CNC3CC3)s2)ccc1F. The monoisotopic (exact) mass is 263 g/mol. The lowest BCUT2D eigenvalue weighted by molar-refractivity contribution is 0.619. The van der Waals surface area contributed by atoms with Gasteiger partial charge < -0.3 is 5.32 Å². The van der Waals surface area contributed by atoms with Crippen molar-refractivity contribution in [3.8, 4) is 10.6 Å². The standard InChI is InChI=1S/C13H14FN3S/c1-8-6-9(2-5-11(8)14)13-17-16-12(18-13)7-15-10-3-4-10/h2,5-6,10,15H,3-4,7H2,1H3. The zero-order chi connectivity index (χ0) is 12.5. The van der Waals surface area contributed by atoms with Crippen LogP contribution < -0.4 is 5.32 Å². The minimum absolute atomic E-state index is 0.182. The van der Waals surface area contributed by atoms with Crippen molar-refractivity contribution >= 4 is 11.3 Å². The van der Waals surface area contributed by atoms with Crippen molar-refractivity contribution in [2.24, 2.45) is 0 Å². The Labute approximate surface area is 109 Å². The molecule has 1 aliphatic rings. The number of hydrogen-bond acceptors (Lipinski definition) is 4. The normalized spacial score (nSPS) is 15.0. The van der Waals surface area contributed by atoms with Gasteiger partial charge >= 0.3 is 0 Å². The van der Waals surface area contributed by atoms with Gasteiger partial charge in [0.05, 0.1) is 0 Å². The third-order valence-electron chi connectivity index (χ3n) is 2.99. The second-order valence-electron chi connectivity index (χ2n) is 4.62. The van der Waals surface area contributed by atoms with Gasteiger partial charge in [0.2, 0.25) is 0 Å². The van der Waals surface area contributed by atoms with Crippen molar-refractivity contribution in [2.45, 2.75) is 32.4 Å². The number of nitrogens with zero attached hydrogens (tertiary/aromatic N) is 2. The molecule has 1 aromatic carbocycles. The molecule has 0 aliphatic heterocycles. The highest BCUT2D eigenvalue weighted by atomic mass is 32.1. The van der Waals surface area contributed by atoms with Crippen LogP contribution in [0.2, 0.25) is 0 Å². The largest absolute Gasteiger partial charge is 0.308 e. The van der Waals surface area contributed by atoms with Crippen LogP contribution in [0.3, 0.4) is 0 Å². The van der Waals surface area contributed by atoms with Gasteiger partial charge in [0, 0.05) is 18.2 Å². The second kappa shape index (κ2) is 4.74. The fourth-order valence-electron chi connectivity index (χ4n) is 1.74. The Kier molecular flexibility index (Phi) is 3.09. The molecule has 0 saturated heterocycles. The minimum Gasteiger partial charge on any atom is -0.308 e. The zero-order valence-corrected chi connectivity index (χ0v) is 10.9. The van der Waals surface area contributed by atoms with Crippen LogP contribution in [0.5, 0.6) is 0 Å². The van der Waals surface area contributed by atoms with E-state index in [9.17, 15) is 4.39 Å². The molecule has 0 atom stereocenters. The number of nitrogens with one attached hydrogen (secondary N) is 1. The van der Waals surface area contributed by atoms with Gasteiger partial charge in [-0.1, -0.05) is 11.3 Å². The number of halogens is 1. The maximum Gasteiger partial charge on any atom is 0.147 e. The third kappa shape index (κ3) is 2.57. The first-order chi connectivity index (χ1) is 8.72. The maximum absolute atomic E-state index is 13.2. The molecule has 0 spiro atoms. The summed E-state index contributed by atoms with van der Waals surface area (Å²) in [4.78, 5) is 0. The summed E-state index contributed by atoms with van der Waals surface area (Å²) in [6.45, 7) is 2.54. The van der Waals surface area contributed by atoms with Crippen LogP contribution >= 0.6 is 11.3 Å². The molecule has 0 unspecified atom stereocenters. The van der Waals surface area contributed by atoms with Crippen molar-refractivity contribution in [1.29, 1.82) is 0 Å². The topological polar surface area (TPSA) is 37.8 Å². The van der Waals surface area contributed by atoms with E-state index in [0.29, 0.717) is 11.6 Å². The Morgan fingerprint density at radius 3 is 2.94 bits per heavy atom. The number of benzene rings is 1. The highest BCUT2D eigenvalue weighted by Crippen LogP contribution is 2.26. The maximum atomic E-state index is 13.2. The van der Waals surface area contributed by atoms with E-state index in [0.717, 1.165) is 22.1 Å². The Balaban J connectivity index is 1.76. The van der Waals surface area contributed by atoms with Gasteiger partial charge in [-0.2, -0.15) is 0 Å². The van der Waals surface area contributed by atoms with E-state index in [-0.39, 0.29) is 5.82 Å². The summed E-state index contributed by atoms with van der Waals surface area (Å²) in [5.74, 6) is -0.182.